The molecule has 0 aliphatic carbocycles. The first kappa shape index (κ1) is 15.4. The van der Waals surface area contributed by atoms with E-state index in [4.69, 9.17) is 4.74 Å². The molecule has 0 spiro atoms. The maximum absolute atomic E-state index is 12.1. The van der Waals surface area contributed by atoms with Crippen molar-refractivity contribution in [1.82, 2.24) is 4.90 Å². The minimum absolute atomic E-state index is 0.0620. The van der Waals surface area contributed by atoms with E-state index >= 15 is 0 Å². The van der Waals surface area contributed by atoms with Crippen LogP contribution in [0.1, 0.15) is 32.6 Å². The minimum Gasteiger partial charge on any atom is -0.491 e. The third-order valence-corrected chi connectivity index (χ3v) is 3.38. The Morgan fingerprint density at radius 2 is 2.14 bits per heavy atom. The van der Waals surface area contributed by atoms with Crippen LogP contribution in [0.25, 0.3) is 0 Å². The molecule has 2 rings (SSSR count). The number of carbonyl (C=O) groups is 2. The van der Waals surface area contributed by atoms with Crippen LogP contribution in [0.3, 0.4) is 0 Å². The standard InChI is InChI=1S/C16H22N2O3/c1-2-11-21-14-8-4-3-7-13(14)17-15(19)12-18-10-6-5-9-16(18)20/h3-4,7-8H,2,5-6,9-12H2,1H3,(H,17,19). The van der Waals surface area contributed by atoms with Crippen LogP contribution in [0, 0.1) is 0 Å². The lowest BCUT2D eigenvalue weighted by Gasteiger charge is -2.26. The van der Waals surface area contributed by atoms with Crippen molar-refractivity contribution in [2.24, 2.45) is 0 Å². The Labute approximate surface area is 125 Å². The lowest BCUT2D eigenvalue weighted by atomic mass is 10.1. The monoisotopic (exact) mass is 290 g/mol. The summed E-state index contributed by atoms with van der Waals surface area (Å²) in [5.74, 6) is 0.544. The molecule has 5 nitrogen and oxygen atoms in total. The topological polar surface area (TPSA) is 58.6 Å². The molecule has 1 heterocycles. The number of ether oxygens (including phenoxy) is 1. The second kappa shape index (κ2) is 7.67. The molecular weight excluding hydrogens is 268 g/mol. The number of hydrogen-bond acceptors (Lipinski definition) is 3. The second-order valence-corrected chi connectivity index (χ2v) is 5.17. The number of carbonyl (C=O) groups excluding carboxylic acids is 2. The zero-order valence-electron chi connectivity index (χ0n) is 12.4. The molecule has 1 fully saturated rings. The molecular formula is C16H22N2O3. The van der Waals surface area contributed by atoms with Crippen LogP contribution in [0.4, 0.5) is 5.69 Å². The lowest BCUT2D eigenvalue weighted by Crippen LogP contribution is -2.40. The van der Waals surface area contributed by atoms with Gasteiger partial charge in [0.25, 0.3) is 0 Å². The number of anilines is 1. The molecule has 1 aliphatic heterocycles. The molecule has 114 valence electrons. The van der Waals surface area contributed by atoms with Crippen molar-refractivity contribution in [2.75, 3.05) is 25.0 Å². The third kappa shape index (κ3) is 4.48. The van der Waals surface area contributed by atoms with E-state index in [9.17, 15) is 9.59 Å². The van der Waals surface area contributed by atoms with Crippen molar-refractivity contribution in [2.45, 2.75) is 32.6 Å². The number of nitrogens with one attached hydrogen (secondary N) is 1. The molecule has 0 atom stereocenters. The Morgan fingerprint density at radius 3 is 2.90 bits per heavy atom. The Hall–Kier alpha value is -2.04. The number of benzene rings is 1. The van der Waals surface area contributed by atoms with Gasteiger partial charge in [0.05, 0.1) is 18.8 Å². The Bertz CT molecular complexity index is 502. The van der Waals surface area contributed by atoms with E-state index in [-0.39, 0.29) is 18.4 Å². The van der Waals surface area contributed by atoms with Gasteiger partial charge in [-0.2, -0.15) is 0 Å². The molecule has 1 saturated heterocycles. The van der Waals surface area contributed by atoms with Gasteiger partial charge in [-0.1, -0.05) is 19.1 Å². The summed E-state index contributed by atoms with van der Waals surface area (Å²) in [6, 6.07) is 7.35. The van der Waals surface area contributed by atoms with E-state index < -0.39 is 0 Å². The summed E-state index contributed by atoms with van der Waals surface area (Å²) in [6.45, 7) is 3.42. The molecule has 0 bridgehead atoms. The fraction of sp³-hybridized carbons (Fsp3) is 0.500. The molecule has 0 radical (unpaired) electrons. The zero-order valence-corrected chi connectivity index (χ0v) is 12.4. The number of amides is 2. The van der Waals surface area contributed by atoms with Gasteiger partial charge in [0.1, 0.15) is 5.75 Å². The highest BCUT2D eigenvalue weighted by Gasteiger charge is 2.20. The van der Waals surface area contributed by atoms with E-state index in [2.05, 4.69) is 5.32 Å². The molecule has 0 aromatic heterocycles. The van der Waals surface area contributed by atoms with Gasteiger partial charge >= 0.3 is 0 Å². The number of likely N-dealkylation sites (tertiary alicyclic amines) is 1. The Morgan fingerprint density at radius 1 is 1.33 bits per heavy atom. The summed E-state index contributed by atoms with van der Waals surface area (Å²) in [5.41, 5.74) is 0.653. The fourth-order valence-corrected chi connectivity index (χ4v) is 2.30. The van der Waals surface area contributed by atoms with E-state index in [0.717, 1.165) is 19.3 Å². The molecule has 1 N–H and O–H groups in total. The molecule has 1 aliphatic rings. The molecule has 0 unspecified atom stereocenters. The summed E-state index contributed by atoms with van der Waals surface area (Å²) in [5, 5.41) is 2.83. The highest BCUT2D eigenvalue weighted by atomic mass is 16.5. The zero-order chi connectivity index (χ0) is 15.1. The summed E-state index contributed by atoms with van der Waals surface area (Å²) in [7, 11) is 0. The molecule has 2 amide bonds. The van der Waals surface area contributed by atoms with E-state index in [1.54, 1.807) is 11.0 Å². The fourth-order valence-electron chi connectivity index (χ4n) is 2.30. The highest BCUT2D eigenvalue weighted by Crippen LogP contribution is 2.24. The average molecular weight is 290 g/mol. The van der Waals surface area contributed by atoms with Gasteiger partial charge in [-0.25, -0.2) is 0 Å². The predicted octanol–water partition coefficient (Wildman–Crippen LogP) is 2.43. The first-order chi connectivity index (χ1) is 10.2. The smallest absolute Gasteiger partial charge is 0.244 e. The number of piperidine rings is 1. The third-order valence-electron chi connectivity index (χ3n) is 3.38. The van der Waals surface area contributed by atoms with Gasteiger partial charge in [-0.15, -0.1) is 0 Å². The Balaban J connectivity index is 1.94. The maximum Gasteiger partial charge on any atom is 0.244 e. The number of rotatable bonds is 6. The number of hydrogen-bond donors (Lipinski definition) is 1. The van der Waals surface area contributed by atoms with Crippen LogP contribution in [-0.2, 0) is 9.59 Å². The predicted molar refractivity (Wildman–Crippen MR) is 81.3 cm³/mol. The van der Waals surface area contributed by atoms with Crippen molar-refractivity contribution < 1.29 is 14.3 Å². The van der Waals surface area contributed by atoms with Gasteiger partial charge in [-0.3, -0.25) is 9.59 Å². The summed E-state index contributed by atoms with van der Waals surface area (Å²) in [6.07, 6.45) is 3.34. The van der Waals surface area contributed by atoms with Crippen LogP contribution in [0.5, 0.6) is 5.75 Å². The van der Waals surface area contributed by atoms with Gasteiger partial charge in [0.2, 0.25) is 11.8 Å². The number of para-hydroxylation sites is 2. The Kier molecular flexibility index (Phi) is 5.60. The van der Waals surface area contributed by atoms with Gasteiger partial charge in [0, 0.05) is 13.0 Å². The molecule has 5 heteroatoms. The number of nitrogens with zero attached hydrogens (tertiary/aromatic N) is 1. The van der Waals surface area contributed by atoms with Gasteiger partial charge in [-0.05, 0) is 31.4 Å². The SMILES string of the molecule is CCCOc1ccccc1NC(=O)CN1CCCCC1=O. The average Bonchev–Trinajstić information content (AvgIpc) is 2.49. The maximum atomic E-state index is 12.1. The van der Waals surface area contributed by atoms with Crippen LogP contribution in [-0.4, -0.2) is 36.4 Å². The largest absolute Gasteiger partial charge is 0.491 e. The molecule has 1 aromatic rings. The van der Waals surface area contributed by atoms with E-state index in [0.29, 0.717) is 31.0 Å². The first-order valence-corrected chi connectivity index (χ1v) is 7.50. The molecule has 21 heavy (non-hydrogen) atoms. The van der Waals surface area contributed by atoms with E-state index in [1.165, 1.54) is 0 Å². The van der Waals surface area contributed by atoms with Gasteiger partial charge in [0.15, 0.2) is 0 Å². The van der Waals surface area contributed by atoms with Crippen LogP contribution < -0.4 is 10.1 Å². The van der Waals surface area contributed by atoms with Crippen molar-refractivity contribution >= 4 is 17.5 Å². The summed E-state index contributed by atoms with van der Waals surface area (Å²) in [4.78, 5) is 25.4. The molecule has 0 saturated carbocycles. The minimum atomic E-state index is -0.183. The van der Waals surface area contributed by atoms with Gasteiger partial charge < -0.3 is 15.0 Å². The van der Waals surface area contributed by atoms with Crippen LogP contribution >= 0.6 is 0 Å². The summed E-state index contributed by atoms with van der Waals surface area (Å²) >= 11 is 0. The van der Waals surface area contributed by atoms with Crippen LogP contribution in [0.15, 0.2) is 24.3 Å². The molecule has 1 aromatic carbocycles. The van der Waals surface area contributed by atoms with Crippen LogP contribution in [0.2, 0.25) is 0 Å². The first-order valence-electron chi connectivity index (χ1n) is 7.50. The normalized spacial score (nSPS) is 14.9. The van der Waals surface area contributed by atoms with Crippen molar-refractivity contribution in [3.05, 3.63) is 24.3 Å². The second-order valence-electron chi connectivity index (χ2n) is 5.17. The van der Waals surface area contributed by atoms with Crippen molar-refractivity contribution in [3.63, 3.8) is 0 Å². The van der Waals surface area contributed by atoms with Crippen molar-refractivity contribution in [3.8, 4) is 5.75 Å². The summed E-state index contributed by atoms with van der Waals surface area (Å²) < 4.78 is 5.60. The quantitative estimate of drug-likeness (QED) is 0.875. The van der Waals surface area contributed by atoms with E-state index in [1.807, 2.05) is 25.1 Å². The lowest BCUT2D eigenvalue weighted by molar-refractivity contribution is -0.136. The highest BCUT2D eigenvalue weighted by molar-refractivity contribution is 5.95. The van der Waals surface area contributed by atoms with Crippen molar-refractivity contribution in [1.29, 1.82) is 0 Å².